The van der Waals surface area contributed by atoms with E-state index in [1.807, 2.05) is 109 Å². The van der Waals surface area contributed by atoms with Crippen LogP contribution in [0.1, 0.15) is 33.4 Å². The molecule has 0 aliphatic rings. The Bertz CT molecular complexity index is 1280. The van der Waals surface area contributed by atoms with Crippen LogP contribution >= 0.6 is 0 Å². The predicted octanol–water partition coefficient (Wildman–Crippen LogP) is 11.6. The molecule has 0 aliphatic carbocycles. The van der Waals surface area contributed by atoms with Gasteiger partial charge in [0.1, 0.15) is 0 Å². The van der Waals surface area contributed by atoms with Gasteiger partial charge in [-0.05, 0) is 33.4 Å². The molecule has 43 heavy (non-hydrogen) atoms. The Balaban J connectivity index is 0.000000175. The van der Waals surface area contributed by atoms with Crippen molar-refractivity contribution in [1.82, 2.24) is 0 Å². The summed E-state index contributed by atoms with van der Waals surface area (Å²) in [4.78, 5) is 0. The van der Waals surface area contributed by atoms with Crippen LogP contribution in [0.15, 0.2) is 182 Å². The molecular formula is C42H36Ni. The molecule has 0 aromatic heterocycles. The molecular weight excluding hydrogens is 563 g/mol. The van der Waals surface area contributed by atoms with Crippen molar-refractivity contribution in [3.8, 4) is 0 Å². The van der Waals surface area contributed by atoms with E-state index in [0.29, 0.717) is 0 Å². The van der Waals surface area contributed by atoms with Crippen molar-refractivity contribution in [1.29, 1.82) is 0 Å². The van der Waals surface area contributed by atoms with Gasteiger partial charge in [-0.15, -0.1) is 0 Å². The van der Waals surface area contributed by atoms with Crippen LogP contribution in [0.2, 0.25) is 0 Å². The minimum absolute atomic E-state index is 0. The summed E-state index contributed by atoms with van der Waals surface area (Å²) >= 11 is 0. The molecule has 0 bridgehead atoms. The summed E-state index contributed by atoms with van der Waals surface area (Å²) in [6, 6.07) is 61.9. The average Bonchev–Trinajstić information content (AvgIpc) is 3.09. The van der Waals surface area contributed by atoms with Crippen LogP contribution < -0.4 is 0 Å². The van der Waals surface area contributed by atoms with Crippen LogP contribution in [0.25, 0.3) is 36.5 Å². The van der Waals surface area contributed by atoms with E-state index in [0.717, 1.165) is 0 Å². The maximum absolute atomic E-state index is 2.12. The Labute approximate surface area is 267 Å². The van der Waals surface area contributed by atoms with Gasteiger partial charge in [-0.25, -0.2) is 0 Å². The zero-order valence-electron chi connectivity index (χ0n) is 24.1. The number of benzene rings is 6. The largest absolute Gasteiger partial charge is 0.0622 e. The van der Waals surface area contributed by atoms with E-state index in [-0.39, 0.29) is 16.5 Å². The summed E-state index contributed by atoms with van der Waals surface area (Å²) in [5.74, 6) is 0. The fourth-order valence-electron chi connectivity index (χ4n) is 3.96. The van der Waals surface area contributed by atoms with Gasteiger partial charge in [0.2, 0.25) is 0 Å². The third-order valence-electron chi connectivity index (χ3n) is 6.20. The molecule has 6 aromatic carbocycles. The molecule has 0 N–H and O–H groups in total. The van der Waals surface area contributed by atoms with Crippen molar-refractivity contribution >= 4 is 36.5 Å². The standard InChI is InChI=1S/3C14H12.Ni/c3*1-3-7-13(8-4-1)11-12-14-9-5-2-6-10-14;/h3*1-12H;. The summed E-state index contributed by atoms with van der Waals surface area (Å²) in [7, 11) is 0. The van der Waals surface area contributed by atoms with Gasteiger partial charge in [0.05, 0.1) is 0 Å². The van der Waals surface area contributed by atoms with Gasteiger partial charge >= 0.3 is 0 Å². The molecule has 0 amide bonds. The topological polar surface area (TPSA) is 0 Å². The third kappa shape index (κ3) is 13.5. The third-order valence-corrected chi connectivity index (χ3v) is 6.20. The normalized spacial score (nSPS) is 10.3. The zero-order chi connectivity index (χ0) is 28.9. The molecule has 6 rings (SSSR count). The van der Waals surface area contributed by atoms with E-state index in [2.05, 4.69) is 109 Å². The van der Waals surface area contributed by atoms with Gasteiger partial charge in [-0.1, -0.05) is 218 Å². The zero-order valence-corrected chi connectivity index (χ0v) is 25.1. The second kappa shape index (κ2) is 20.0. The van der Waals surface area contributed by atoms with E-state index in [1.165, 1.54) is 33.4 Å². The molecule has 0 unspecified atom stereocenters. The monoisotopic (exact) mass is 598 g/mol. The first-order valence-electron chi connectivity index (χ1n) is 14.2. The minimum atomic E-state index is 0. The molecule has 0 atom stereocenters. The van der Waals surface area contributed by atoms with Gasteiger partial charge in [0, 0.05) is 16.5 Å². The number of rotatable bonds is 6. The summed E-state index contributed by atoms with van der Waals surface area (Å²) in [5.41, 5.74) is 7.40. The van der Waals surface area contributed by atoms with Gasteiger partial charge in [-0.3, -0.25) is 0 Å². The maximum Gasteiger partial charge on any atom is 0 e. The molecule has 6 aromatic rings. The molecule has 0 saturated heterocycles. The Hall–Kier alpha value is -4.97. The van der Waals surface area contributed by atoms with E-state index in [9.17, 15) is 0 Å². The molecule has 0 heterocycles. The van der Waals surface area contributed by atoms with E-state index in [1.54, 1.807) is 0 Å². The van der Waals surface area contributed by atoms with Crippen LogP contribution in [0, 0.1) is 0 Å². The van der Waals surface area contributed by atoms with E-state index < -0.39 is 0 Å². The first kappa shape index (κ1) is 32.5. The van der Waals surface area contributed by atoms with Crippen LogP contribution in [-0.4, -0.2) is 0 Å². The van der Waals surface area contributed by atoms with E-state index >= 15 is 0 Å². The molecule has 1 heteroatoms. The quantitative estimate of drug-likeness (QED) is 0.132. The fourth-order valence-corrected chi connectivity index (χ4v) is 3.96. The van der Waals surface area contributed by atoms with Crippen LogP contribution in [0.4, 0.5) is 0 Å². The van der Waals surface area contributed by atoms with Crippen molar-refractivity contribution in [2.24, 2.45) is 0 Å². The summed E-state index contributed by atoms with van der Waals surface area (Å²) in [6.45, 7) is 0. The average molecular weight is 599 g/mol. The Morgan fingerprint density at radius 2 is 0.302 bits per heavy atom. The smallest absolute Gasteiger partial charge is 0 e. The van der Waals surface area contributed by atoms with Gasteiger partial charge in [0.15, 0.2) is 0 Å². The molecule has 0 fully saturated rings. The molecule has 0 saturated carbocycles. The predicted molar refractivity (Wildman–Crippen MR) is 185 cm³/mol. The van der Waals surface area contributed by atoms with Gasteiger partial charge in [-0.2, -0.15) is 0 Å². The van der Waals surface area contributed by atoms with Crippen LogP contribution in [-0.2, 0) is 16.5 Å². The molecule has 0 nitrogen and oxygen atoms in total. The van der Waals surface area contributed by atoms with Gasteiger partial charge in [0.25, 0.3) is 0 Å². The van der Waals surface area contributed by atoms with Crippen molar-refractivity contribution in [3.63, 3.8) is 0 Å². The minimum Gasteiger partial charge on any atom is -0.0622 e. The first-order chi connectivity index (χ1) is 20.8. The maximum atomic E-state index is 2.12. The summed E-state index contributed by atoms with van der Waals surface area (Å²) in [5, 5.41) is 0. The molecule has 0 radical (unpaired) electrons. The van der Waals surface area contributed by atoms with Crippen molar-refractivity contribution in [2.75, 3.05) is 0 Å². The van der Waals surface area contributed by atoms with E-state index in [4.69, 9.17) is 0 Å². The fraction of sp³-hybridized carbons (Fsp3) is 0. The van der Waals surface area contributed by atoms with Crippen molar-refractivity contribution in [2.45, 2.75) is 0 Å². The summed E-state index contributed by atoms with van der Waals surface area (Å²) < 4.78 is 0. The molecule has 0 aliphatic heterocycles. The number of hydrogen-bond acceptors (Lipinski definition) is 0. The van der Waals surface area contributed by atoms with Crippen molar-refractivity contribution in [3.05, 3.63) is 215 Å². The molecule has 214 valence electrons. The second-order valence-corrected chi connectivity index (χ2v) is 9.46. The molecule has 0 spiro atoms. The SMILES string of the molecule is C(=Cc1ccccc1)c1ccccc1.C(=Cc1ccccc1)c1ccccc1.C(=Cc1ccccc1)c1ccccc1.[Ni]. The Kier molecular flexibility index (Phi) is 15.1. The first-order valence-corrected chi connectivity index (χ1v) is 14.2. The second-order valence-electron chi connectivity index (χ2n) is 9.46. The van der Waals surface area contributed by atoms with Crippen LogP contribution in [0.5, 0.6) is 0 Å². The van der Waals surface area contributed by atoms with Gasteiger partial charge < -0.3 is 0 Å². The number of hydrogen-bond donors (Lipinski definition) is 0. The Morgan fingerprint density at radius 3 is 0.419 bits per heavy atom. The van der Waals surface area contributed by atoms with Crippen molar-refractivity contribution < 1.29 is 16.5 Å². The Morgan fingerprint density at radius 1 is 0.186 bits per heavy atom. The summed E-state index contributed by atoms with van der Waals surface area (Å²) in [6.07, 6.45) is 12.7. The van der Waals surface area contributed by atoms with Crippen LogP contribution in [0.3, 0.4) is 0 Å².